The first-order chi connectivity index (χ1) is 6.72. The van der Waals surface area contributed by atoms with Crippen LogP contribution in [0, 0.1) is 6.92 Å². The molecule has 0 atom stereocenters. The fourth-order valence-electron chi connectivity index (χ4n) is 1.26. The standard InChI is InChI=1S/C10H14BrFN2O/c1-6-7(13)4-14(5-10(2,3)12)9(15)8(6)11/h4H,5,13H2,1-3H3. The lowest BCUT2D eigenvalue weighted by molar-refractivity contribution is 0.184. The Morgan fingerprint density at radius 2 is 2.13 bits per heavy atom. The number of rotatable bonds is 2. The summed E-state index contributed by atoms with van der Waals surface area (Å²) in [5.41, 5.74) is 5.17. The van der Waals surface area contributed by atoms with Crippen molar-refractivity contribution in [1.82, 2.24) is 4.57 Å². The van der Waals surface area contributed by atoms with E-state index in [1.807, 2.05) is 0 Å². The Balaban J connectivity index is 3.28. The average Bonchev–Trinajstić information content (AvgIpc) is 2.08. The first kappa shape index (κ1) is 12.2. The van der Waals surface area contributed by atoms with Crippen LogP contribution in [0.25, 0.3) is 0 Å². The van der Waals surface area contributed by atoms with E-state index in [2.05, 4.69) is 15.9 Å². The highest BCUT2D eigenvalue weighted by atomic mass is 79.9. The third kappa shape index (κ3) is 2.81. The summed E-state index contributed by atoms with van der Waals surface area (Å²) in [7, 11) is 0. The zero-order valence-electron chi connectivity index (χ0n) is 8.97. The monoisotopic (exact) mass is 276 g/mol. The minimum absolute atomic E-state index is 0.00505. The summed E-state index contributed by atoms with van der Waals surface area (Å²) >= 11 is 3.15. The molecule has 0 bridgehead atoms. The molecule has 84 valence electrons. The van der Waals surface area contributed by atoms with Crippen LogP contribution in [0.4, 0.5) is 10.1 Å². The van der Waals surface area contributed by atoms with Gasteiger partial charge in [0, 0.05) is 6.20 Å². The van der Waals surface area contributed by atoms with Gasteiger partial charge in [0.25, 0.3) is 5.56 Å². The summed E-state index contributed by atoms with van der Waals surface area (Å²) in [5, 5.41) is 0. The van der Waals surface area contributed by atoms with Crippen LogP contribution in [0.2, 0.25) is 0 Å². The maximum absolute atomic E-state index is 13.4. The number of alkyl halides is 1. The number of pyridine rings is 1. The van der Waals surface area contributed by atoms with Crippen LogP contribution in [0.5, 0.6) is 0 Å². The number of nitrogen functional groups attached to an aromatic ring is 1. The van der Waals surface area contributed by atoms with E-state index in [9.17, 15) is 9.18 Å². The first-order valence-electron chi connectivity index (χ1n) is 4.56. The normalized spacial score (nSPS) is 11.8. The molecule has 0 aliphatic carbocycles. The van der Waals surface area contributed by atoms with E-state index < -0.39 is 5.67 Å². The molecule has 1 rings (SSSR count). The quantitative estimate of drug-likeness (QED) is 0.901. The van der Waals surface area contributed by atoms with Gasteiger partial charge in [-0.1, -0.05) is 0 Å². The third-order valence-corrected chi connectivity index (χ3v) is 2.99. The summed E-state index contributed by atoms with van der Waals surface area (Å²) in [4.78, 5) is 11.7. The van der Waals surface area contributed by atoms with E-state index >= 15 is 0 Å². The Hall–Kier alpha value is -0.840. The van der Waals surface area contributed by atoms with Gasteiger partial charge >= 0.3 is 0 Å². The molecule has 0 aliphatic heterocycles. The zero-order chi connectivity index (χ0) is 11.8. The molecule has 0 saturated heterocycles. The lowest BCUT2D eigenvalue weighted by atomic mass is 10.1. The molecule has 0 aromatic carbocycles. The second-order valence-electron chi connectivity index (χ2n) is 4.18. The molecule has 1 aromatic rings. The van der Waals surface area contributed by atoms with Crippen LogP contribution in [0.1, 0.15) is 19.4 Å². The van der Waals surface area contributed by atoms with Crippen LogP contribution >= 0.6 is 15.9 Å². The van der Waals surface area contributed by atoms with E-state index in [4.69, 9.17) is 5.73 Å². The summed E-state index contributed by atoms with van der Waals surface area (Å²) in [5.74, 6) is 0. The number of hydrogen-bond donors (Lipinski definition) is 1. The third-order valence-electron chi connectivity index (χ3n) is 2.05. The van der Waals surface area contributed by atoms with Crippen LogP contribution < -0.4 is 11.3 Å². The molecule has 0 fully saturated rings. The van der Waals surface area contributed by atoms with Crippen molar-refractivity contribution in [3.8, 4) is 0 Å². The van der Waals surface area contributed by atoms with E-state index in [0.717, 1.165) is 0 Å². The first-order valence-corrected chi connectivity index (χ1v) is 5.35. The van der Waals surface area contributed by atoms with Crippen molar-refractivity contribution in [2.45, 2.75) is 33.0 Å². The molecule has 5 heteroatoms. The van der Waals surface area contributed by atoms with Crippen LogP contribution in [-0.2, 0) is 6.54 Å². The maximum atomic E-state index is 13.4. The van der Waals surface area contributed by atoms with E-state index in [-0.39, 0.29) is 12.1 Å². The van der Waals surface area contributed by atoms with Gasteiger partial charge in [-0.15, -0.1) is 0 Å². The van der Waals surface area contributed by atoms with Gasteiger partial charge in [0.1, 0.15) is 5.67 Å². The molecule has 0 unspecified atom stereocenters. The van der Waals surface area contributed by atoms with Gasteiger partial charge in [-0.3, -0.25) is 4.79 Å². The van der Waals surface area contributed by atoms with Gasteiger partial charge in [-0.2, -0.15) is 0 Å². The highest BCUT2D eigenvalue weighted by Gasteiger charge is 2.18. The number of anilines is 1. The van der Waals surface area contributed by atoms with Crippen LogP contribution in [0.3, 0.4) is 0 Å². The molecule has 0 amide bonds. The molecule has 0 spiro atoms. The molecule has 15 heavy (non-hydrogen) atoms. The fourth-order valence-corrected chi connectivity index (χ4v) is 1.72. The Labute approximate surface area is 96.2 Å². The van der Waals surface area contributed by atoms with Crippen molar-refractivity contribution in [3.63, 3.8) is 0 Å². The highest BCUT2D eigenvalue weighted by molar-refractivity contribution is 9.10. The predicted molar refractivity (Wildman–Crippen MR) is 62.7 cm³/mol. The van der Waals surface area contributed by atoms with Gasteiger partial charge in [0.2, 0.25) is 0 Å². The molecule has 1 heterocycles. The fraction of sp³-hybridized carbons (Fsp3) is 0.500. The lowest BCUT2D eigenvalue weighted by Crippen LogP contribution is -2.30. The largest absolute Gasteiger partial charge is 0.397 e. The van der Waals surface area contributed by atoms with Gasteiger partial charge in [-0.05, 0) is 42.3 Å². The van der Waals surface area contributed by atoms with E-state index in [1.54, 1.807) is 6.92 Å². The Bertz CT molecular complexity index is 434. The topological polar surface area (TPSA) is 48.0 Å². The van der Waals surface area contributed by atoms with Gasteiger partial charge in [0.15, 0.2) is 0 Å². The minimum atomic E-state index is -1.44. The van der Waals surface area contributed by atoms with Crippen LogP contribution in [-0.4, -0.2) is 10.2 Å². The molecule has 2 N–H and O–H groups in total. The Morgan fingerprint density at radius 1 is 1.60 bits per heavy atom. The molecule has 1 aromatic heterocycles. The van der Waals surface area contributed by atoms with Crippen molar-refractivity contribution in [3.05, 3.63) is 26.6 Å². The van der Waals surface area contributed by atoms with Crippen molar-refractivity contribution in [1.29, 1.82) is 0 Å². The lowest BCUT2D eigenvalue weighted by Gasteiger charge is -2.17. The number of halogens is 2. The molecule has 0 radical (unpaired) electrons. The zero-order valence-corrected chi connectivity index (χ0v) is 10.6. The Morgan fingerprint density at radius 3 is 2.60 bits per heavy atom. The highest BCUT2D eigenvalue weighted by Crippen LogP contribution is 2.19. The van der Waals surface area contributed by atoms with E-state index in [1.165, 1.54) is 24.6 Å². The predicted octanol–water partition coefficient (Wildman–Crippen LogP) is 2.25. The van der Waals surface area contributed by atoms with Crippen molar-refractivity contribution in [2.75, 3.05) is 5.73 Å². The SMILES string of the molecule is Cc1c(N)cn(CC(C)(C)F)c(=O)c1Br. The molecule has 0 saturated carbocycles. The number of aromatic nitrogens is 1. The smallest absolute Gasteiger partial charge is 0.265 e. The van der Waals surface area contributed by atoms with E-state index in [0.29, 0.717) is 15.7 Å². The van der Waals surface area contributed by atoms with Crippen molar-refractivity contribution < 1.29 is 4.39 Å². The molecular formula is C10H14BrFN2O. The van der Waals surface area contributed by atoms with Gasteiger partial charge in [0.05, 0.1) is 16.7 Å². The number of nitrogens with two attached hydrogens (primary N) is 1. The van der Waals surface area contributed by atoms with Crippen LogP contribution in [0.15, 0.2) is 15.5 Å². The minimum Gasteiger partial charge on any atom is -0.397 e. The second-order valence-corrected chi connectivity index (χ2v) is 4.97. The van der Waals surface area contributed by atoms with Crippen molar-refractivity contribution >= 4 is 21.6 Å². The summed E-state index contributed by atoms with van der Waals surface area (Å²) in [6, 6.07) is 0. The summed E-state index contributed by atoms with van der Waals surface area (Å²) in [6.07, 6.45) is 1.48. The number of nitrogens with zero attached hydrogens (tertiary/aromatic N) is 1. The summed E-state index contributed by atoms with van der Waals surface area (Å²) < 4.78 is 15.1. The summed E-state index contributed by atoms with van der Waals surface area (Å²) in [6.45, 7) is 4.58. The Kier molecular flexibility index (Phi) is 3.23. The maximum Gasteiger partial charge on any atom is 0.265 e. The van der Waals surface area contributed by atoms with Gasteiger partial charge in [-0.25, -0.2) is 4.39 Å². The van der Waals surface area contributed by atoms with Crippen molar-refractivity contribution in [2.24, 2.45) is 0 Å². The molecule has 3 nitrogen and oxygen atoms in total. The average molecular weight is 277 g/mol. The molecule has 0 aliphatic rings. The van der Waals surface area contributed by atoms with Gasteiger partial charge < -0.3 is 10.3 Å². The number of hydrogen-bond acceptors (Lipinski definition) is 2. The second kappa shape index (κ2) is 3.96. The molecular weight excluding hydrogens is 263 g/mol.